The molecule has 0 amide bonds. The lowest BCUT2D eigenvalue weighted by Gasteiger charge is -2.19. The van der Waals surface area contributed by atoms with Crippen molar-refractivity contribution < 1.29 is 30.5 Å². The Labute approximate surface area is 275 Å². The number of furan rings is 1. The first-order chi connectivity index (χ1) is 29.2. The van der Waals surface area contributed by atoms with Crippen LogP contribution in [0.3, 0.4) is 0 Å². The molecule has 43 heavy (non-hydrogen) atoms. The first-order valence-electron chi connectivity index (χ1n) is 22.7. The Morgan fingerprint density at radius 2 is 1.09 bits per heavy atom. The quantitative estimate of drug-likeness (QED) is 0.194. The van der Waals surface area contributed by atoms with Gasteiger partial charge in [-0.25, -0.2) is 0 Å². The Balaban J connectivity index is 1.59. The number of benzene rings is 8. The second kappa shape index (κ2) is 9.44. The van der Waals surface area contributed by atoms with Crippen molar-refractivity contribution in [3.05, 3.63) is 157 Å². The van der Waals surface area contributed by atoms with Crippen molar-refractivity contribution in [1.29, 1.82) is 0 Å². The van der Waals surface area contributed by atoms with Crippen molar-refractivity contribution >= 4 is 54.3 Å². The third-order valence-corrected chi connectivity index (χ3v) is 7.51. The SMILES string of the molecule is [2H]c1c([2H])c([2H])c(-c2ccc3c(-c4c([2H])c([2H])c([2H])c([2H])c4[2H])c4ccccc4c(-c4c([2H])c([2H])c([2H])c5oc6c([2H])c7c([2H])c([2H])c([2H])c([2H])c7c([2H])c6c45)c3c2)c([2H])c1[2H]. The van der Waals surface area contributed by atoms with E-state index in [2.05, 4.69) is 0 Å². The second-order valence-electron chi connectivity index (χ2n) is 9.82. The van der Waals surface area contributed by atoms with Gasteiger partial charge in [-0.3, -0.25) is 0 Å². The summed E-state index contributed by atoms with van der Waals surface area (Å²) < 4.78 is 172. The highest BCUT2D eigenvalue weighted by Crippen LogP contribution is 2.48. The predicted molar refractivity (Wildman–Crippen MR) is 183 cm³/mol. The van der Waals surface area contributed by atoms with Gasteiger partial charge in [0, 0.05) is 10.8 Å². The van der Waals surface area contributed by atoms with Crippen molar-refractivity contribution in [2.24, 2.45) is 0 Å². The minimum atomic E-state index is -0.668. The van der Waals surface area contributed by atoms with Crippen LogP contribution >= 0.6 is 0 Å². The summed E-state index contributed by atoms with van der Waals surface area (Å²) in [5.41, 5.74) is -0.917. The molecule has 1 heterocycles. The van der Waals surface area contributed by atoms with E-state index in [4.69, 9.17) is 27.7 Å². The highest BCUT2D eigenvalue weighted by atomic mass is 16.3. The fraction of sp³-hybridized carbons (Fsp3) is 0. The molecule has 0 aliphatic carbocycles. The fourth-order valence-electron chi connectivity index (χ4n) is 5.75. The van der Waals surface area contributed by atoms with Crippen LogP contribution < -0.4 is 0 Å². The maximum absolute atomic E-state index is 9.54. The zero-order valence-electron chi connectivity index (χ0n) is 40.9. The largest absolute Gasteiger partial charge is 0.456 e. The predicted octanol–water partition coefficient (Wildman–Crippen LogP) is 12.0. The van der Waals surface area contributed by atoms with E-state index in [0.29, 0.717) is 0 Å². The van der Waals surface area contributed by atoms with Crippen molar-refractivity contribution in [3.63, 3.8) is 0 Å². The molecule has 0 bridgehead atoms. The molecule has 0 aliphatic rings. The maximum atomic E-state index is 9.54. The molecule has 0 radical (unpaired) electrons. The van der Waals surface area contributed by atoms with Gasteiger partial charge in [0.15, 0.2) is 0 Å². The Bertz CT molecular complexity index is 3520. The molecule has 0 spiro atoms. The van der Waals surface area contributed by atoms with E-state index in [-0.39, 0.29) is 87.6 Å². The van der Waals surface area contributed by atoms with Gasteiger partial charge in [-0.15, -0.1) is 0 Å². The van der Waals surface area contributed by atoms with Gasteiger partial charge in [-0.2, -0.15) is 0 Å². The molecule has 1 nitrogen and oxygen atoms in total. The third kappa shape index (κ3) is 3.72. The average Bonchev–Trinajstić information content (AvgIpc) is 3.67. The molecule has 0 saturated carbocycles. The number of fused-ring (bicyclic) bond motifs is 6. The smallest absolute Gasteiger partial charge is 0.136 e. The van der Waals surface area contributed by atoms with Gasteiger partial charge in [0.2, 0.25) is 0 Å². The summed E-state index contributed by atoms with van der Waals surface area (Å²) in [6.45, 7) is 0. The summed E-state index contributed by atoms with van der Waals surface area (Å²) in [6.07, 6.45) is 0. The summed E-state index contributed by atoms with van der Waals surface area (Å²) in [5, 5.41) is -0.120. The molecule has 0 aliphatic heterocycles. The lowest BCUT2D eigenvalue weighted by molar-refractivity contribution is 0.669. The molecular formula is C42H26O. The van der Waals surface area contributed by atoms with Crippen LogP contribution in [0.4, 0.5) is 0 Å². The molecule has 200 valence electrons. The van der Waals surface area contributed by atoms with E-state index >= 15 is 0 Å². The highest BCUT2D eigenvalue weighted by molar-refractivity contribution is 6.26. The van der Waals surface area contributed by atoms with E-state index in [0.717, 1.165) is 0 Å². The van der Waals surface area contributed by atoms with Crippen LogP contribution in [-0.4, -0.2) is 0 Å². The van der Waals surface area contributed by atoms with Crippen LogP contribution in [0.2, 0.25) is 0 Å². The molecule has 9 rings (SSSR count). The summed E-state index contributed by atoms with van der Waals surface area (Å²) in [4.78, 5) is 0. The number of hydrogen-bond donors (Lipinski definition) is 0. The molecular weight excluding hydrogens is 520 g/mol. The normalized spacial score (nSPS) is 17.9. The summed E-state index contributed by atoms with van der Waals surface area (Å²) in [6, 6.07) is -0.442. The fourth-order valence-corrected chi connectivity index (χ4v) is 5.75. The van der Waals surface area contributed by atoms with Gasteiger partial charge in [0.1, 0.15) is 11.2 Å². The molecule has 0 N–H and O–H groups in total. The lowest BCUT2D eigenvalue weighted by Crippen LogP contribution is -1.92. The summed E-state index contributed by atoms with van der Waals surface area (Å²) in [5.74, 6) is 0. The Morgan fingerprint density at radius 3 is 1.86 bits per heavy atom. The van der Waals surface area contributed by atoms with E-state index in [1.807, 2.05) is 0 Å². The van der Waals surface area contributed by atoms with Crippen LogP contribution in [0.15, 0.2) is 162 Å². The number of hydrogen-bond acceptors (Lipinski definition) is 1. The zero-order chi connectivity index (χ0) is 44.9. The maximum Gasteiger partial charge on any atom is 0.136 e. The van der Waals surface area contributed by atoms with Crippen molar-refractivity contribution in [2.45, 2.75) is 0 Å². The molecule has 1 heteroatoms. The van der Waals surface area contributed by atoms with Crippen molar-refractivity contribution in [2.75, 3.05) is 0 Å². The van der Waals surface area contributed by atoms with Gasteiger partial charge in [-0.1, -0.05) is 133 Å². The first-order valence-corrected chi connectivity index (χ1v) is 13.2. The molecule has 0 unspecified atom stereocenters. The lowest BCUT2D eigenvalue weighted by atomic mass is 9.84. The van der Waals surface area contributed by atoms with Gasteiger partial charge in [0.25, 0.3) is 0 Å². The van der Waals surface area contributed by atoms with E-state index in [1.54, 1.807) is 24.3 Å². The molecule has 0 saturated heterocycles. The van der Waals surface area contributed by atoms with Crippen LogP contribution in [0.1, 0.15) is 26.0 Å². The van der Waals surface area contributed by atoms with Crippen LogP contribution in [-0.2, 0) is 0 Å². The van der Waals surface area contributed by atoms with Crippen molar-refractivity contribution in [3.8, 4) is 33.4 Å². The molecule has 0 fully saturated rings. The topological polar surface area (TPSA) is 13.1 Å². The number of rotatable bonds is 3. The minimum Gasteiger partial charge on any atom is -0.456 e. The summed E-state index contributed by atoms with van der Waals surface area (Å²) >= 11 is 0. The standard InChI is InChI=1S/C42H26O/c1-3-12-27(13-4-1)31-22-23-34-36(24-31)41(33-19-10-9-18-32(33)40(34)28-14-5-2-6-15-28)35-20-11-21-38-42(35)37-25-29-16-7-8-17-30(29)26-39(37)43-38/h1-26H/i1D,2D,3D,4D,5D,6D,7D,8D,11D,12D,13D,14D,15D,16D,17D,20D,21D,25D,26D. The summed E-state index contributed by atoms with van der Waals surface area (Å²) in [7, 11) is 0. The van der Waals surface area contributed by atoms with Gasteiger partial charge in [-0.05, 0) is 89.9 Å². The van der Waals surface area contributed by atoms with Gasteiger partial charge >= 0.3 is 0 Å². The Kier molecular flexibility index (Phi) is 2.61. The molecule has 1 aromatic heterocycles. The van der Waals surface area contributed by atoms with Gasteiger partial charge < -0.3 is 4.42 Å². The van der Waals surface area contributed by atoms with Crippen LogP contribution in [0.25, 0.3) is 87.6 Å². The van der Waals surface area contributed by atoms with Crippen molar-refractivity contribution in [1.82, 2.24) is 0 Å². The minimum absolute atomic E-state index is 0.0812. The monoisotopic (exact) mass is 565 g/mol. The third-order valence-electron chi connectivity index (χ3n) is 7.51. The molecule has 8 aromatic carbocycles. The van der Waals surface area contributed by atoms with E-state index in [1.165, 1.54) is 18.2 Å². The van der Waals surface area contributed by atoms with Crippen LogP contribution in [0, 0.1) is 0 Å². The Morgan fingerprint density at radius 1 is 0.442 bits per heavy atom. The van der Waals surface area contributed by atoms with Gasteiger partial charge in [0.05, 0.1) is 26.0 Å². The highest BCUT2D eigenvalue weighted by Gasteiger charge is 2.21. The average molecular weight is 566 g/mol. The Hall–Kier alpha value is -5.66. The molecule has 9 aromatic rings. The first kappa shape index (κ1) is 11.9. The van der Waals surface area contributed by atoms with Crippen LogP contribution in [0.5, 0.6) is 0 Å². The zero-order valence-corrected chi connectivity index (χ0v) is 21.9. The van der Waals surface area contributed by atoms with E-state index < -0.39 is 115 Å². The molecule has 0 atom stereocenters. The second-order valence-corrected chi connectivity index (χ2v) is 9.82. The van der Waals surface area contributed by atoms with E-state index in [9.17, 15) is 2.74 Å².